The van der Waals surface area contributed by atoms with E-state index in [1.807, 2.05) is 9.80 Å². The molecule has 0 unspecified atom stereocenters. The van der Waals surface area contributed by atoms with Gasteiger partial charge in [-0.25, -0.2) is 4.79 Å². The quantitative estimate of drug-likeness (QED) is 0.699. The van der Waals surface area contributed by atoms with Crippen molar-refractivity contribution in [3.8, 4) is 6.07 Å². The number of nitriles is 1. The Morgan fingerprint density at radius 3 is 2.34 bits per heavy atom. The Kier molecular flexibility index (Phi) is 7.40. The van der Waals surface area contributed by atoms with Crippen LogP contribution in [-0.2, 0) is 15.7 Å². The minimum Gasteiger partial charge on any atom is -0.378 e. The first kappa shape index (κ1) is 25.1. The van der Waals surface area contributed by atoms with Crippen LogP contribution in [0.25, 0.3) is 0 Å². The molecule has 190 valence electrons. The summed E-state index contributed by atoms with van der Waals surface area (Å²) >= 11 is 0. The third kappa shape index (κ3) is 5.32. The van der Waals surface area contributed by atoms with Crippen molar-refractivity contribution < 1.29 is 27.5 Å². The zero-order valence-electron chi connectivity index (χ0n) is 19.7. The average molecular weight is 494 g/mol. The molecular weight excluding hydrogens is 463 g/mol. The summed E-state index contributed by atoms with van der Waals surface area (Å²) in [6, 6.07) is 5.33. The Balaban J connectivity index is 1.47. The van der Waals surface area contributed by atoms with Crippen molar-refractivity contribution in [2.45, 2.75) is 19.0 Å². The van der Waals surface area contributed by atoms with Gasteiger partial charge in [0.25, 0.3) is 0 Å². The Hall–Kier alpha value is -3.00. The Bertz CT molecular complexity index is 982. The van der Waals surface area contributed by atoms with E-state index in [9.17, 15) is 22.8 Å². The van der Waals surface area contributed by atoms with Crippen LogP contribution in [0.4, 0.5) is 23.7 Å². The molecule has 1 aromatic carbocycles. The Labute approximate surface area is 202 Å². The lowest BCUT2D eigenvalue weighted by molar-refractivity contribution is -0.137. The predicted molar refractivity (Wildman–Crippen MR) is 122 cm³/mol. The van der Waals surface area contributed by atoms with E-state index in [1.54, 1.807) is 18.0 Å². The number of piperidine rings is 1. The van der Waals surface area contributed by atoms with Crippen LogP contribution in [0, 0.1) is 29.1 Å². The molecule has 2 atom stereocenters. The summed E-state index contributed by atoms with van der Waals surface area (Å²) in [5, 5.41) is 11.8. The van der Waals surface area contributed by atoms with Crippen molar-refractivity contribution in [2.75, 3.05) is 64.4 Å². The first-order valence-electron chi connectivity index (χ1n) is 11.9. The number of ether oxygens (including phenoxy) is 1. The minimum atomic E-state index is -4.64. The lowest BCUT2D eigenvalue weighted by atomic mass is 9.78. The van der Waals surface area contributed by atoms with Gasteiger partial charge in [0, 0.05) is 52.0 Å². The zero-order valence-corrected chi connectivity index (χ0v) is 19.7. The molecule has 0 radical (unpaired) electrons. The number of nitrogens with one attached hydrogen (secondary N) is 1. The van der Waals surface area contributed by atoms with Crippen LogP contribution in [0.15, 0.2) is 18.2 Å². The largest absolute Gasteiger partial charge is 0.417 e. The highest BCUT2D eigenvalue weighted by Crippen LogP contribution is 2.40. The Morgan fingerprint density at radius 1 is 1.09 bits per heavy atom. The van der Waals surface area contributed by atoms with Crippen LogP contribution in [0.1, 0.15) is 24.0 Å². The van der Waals surface area contributed by atoms with Crippen LogP contribution in [-0.4, -0.2) is 81.3 Å². The number of urea groups is 1. The molecule has 3 amide bonds. The first-order valence-corrected chi connectivity index (χ1v) is 11.9. The van der Waals surface area contributed by atoms with Gasteiger partial charge in [0.2, 0.25) is 5.91 Å². The van der Waals surface area contributed by atoms with Gasteiger partial charge in [-0.05, 0) is 42.9 Å². The maximum Gasteiger partial charge on any atom is 0.417 e. The second-order valence-corrected chi connectivity index (χ2v) is 9.34. The number of rotatable bonds is 3. The molecular formula is C24H30F3N5O3. The van der Waals surface area contributed by atoms with Gasteiger partial charge >= 0.3 is 12.2 Å². The SMILES string of the molecule is CNC(=O)[C@@H]1CN(c2ccc(C#N)c(C(F)(F)F)c2)C[C@H]1C1CCN(C(=O)N2CCOCC2)CC1. The monoisotopic (exact) mass is 493 g/mol. The van der Waals surface area contributed by atoms with Crippen LogP contribution >= 0.6 is 0 Å². The number of hydrogen-bond donors (Lipinski definition) is 1. The van der Waals surface area contributed by atoms with Crippen LogP contribution in [0.5, 0.6) is 0 Å². The number of amides is 3. The number of morpholine rings is 1. The molecule has 35 heavy (non-hydrogen) atoms. The molecule has 0 saturated carbocycles. The summed E-state index contributed by atoms with van der Waals surface area (Å²) in [5.41, 5.74) is -1.03. The number of likely N-dealkylation sites (tertiary alicyclic amines) is 1. The highest BCUT2D eigenvalue weighted by molar-refractivity contribution is 5.80. The van der Waals surface area contributed by atoms with E-state index in [1.165, 1.54) is 12.1 Å². The molecule has 1 N–H and O–H groups in total. The molecule has 0 aliphatic carbocycles. The molecule has 3 fully saturated rings. The van der Waals surface area contributed by atoms with Crippen molar-refractivity contribution in [2.24, 2.45) is 17.8 Å². The maximum atomic E-state index is 13.5. The van der Waals surface area contributed by atoms with Crippen molar-refractivity contribution >= 4 is 17.6 Å². The second-order valence-electron chi connectivity index (χ2n) is 9.34. The van der Waals surface area contributed by atoms with E-state index in [0.29, 0.717) is 58.2 Å². The van der Waals surface area contributed by atoms with Crippen molar-refractivity contribution in [3.63, 3.8) is 0 Å². The van der Waals surface area contributed by atoms with E-state index in [-0.39, 0.29) is 29.7 Å². The summed E-state index contributed by atoms with van der Waals surface area (Å²) in [6.45, 7) is 4.18. The third-order valence-electron chi connectivity index (χ3n) is 7.44. The molecule has 3 aliphatic heterocycles. The van der Waals surface area contributed by atoms with Gasteiger partial charge in [-0.15, -0.1) is 0 Å². The fraction of sp³-hybridized carbons (Fsp3) is 0.625. The number of carbonyl (C=O) groups excluding carboxylic acids is 2. The molecule has 3 saturated heterocycles. The summed E-state index contributed by atoms with van der Waals surface area (Å²) < 4.78 is 45.8. The van der Waals surface area contributed by atoms with Gasteiger partial charge in [0.15, 0.2) is 0 Å². The average Bonchev–Trinajstić information content (AvgIpc) is 3.33. The van der Waals surface area contributed by atoms with Crippen molar-refractivity contribution in [1.29, 1.82) is 5.26 Å². The van der Waals surface area contributed by atoms with E-state index in [4.69, 9.17) is 10.00 Å². The van der Waals surface area contributed by atoms with Gasteiger partial charge in [-0.2, -0.15) is 18.4 Å². The van der Waals surface area contributed by atoms with Crippen LogP contribution in [0.3, 0.4) is 0 Å². The number of hydrogen-bond acceptors (Lipinski definition) is 5. The molecule has 3 heterocycles. The molecule has 1 aromatic rings. The molecule has 8 nitrogen and oxygen atoms in total. The van der Waals surface area contributed by atoms with E-state index < -0.39 is 17.3 Å². The van der Waals surface area contributed by atoms with E-state index >= 15 is 0 Å². The highest BCUT2D eigenvalue weighted by Gasteiger charge is 2.43. The fourth-order valence-electron chi connectivity index (χ4n) is 5.51. The van der Waals surface area contributed by atoms with Gasteiger partial charge in [0.1, 0.15) is 0 Å². The van der Waals surface area contributed by atoms with Crippen molar-refractivity contribution in [3.05, 3.63) is 29.3 Å². The van der Waals surface area contributed by atoms with Crippen LogP contribution in [0.2, 0.25) is 0 Å². The normalized spacial score (nSPS) is 23.8. The Morgan fingerprint density at radius 2 is 1.74 bits per heavy atom. The molecule has 3 aliphatic rings. The second kappa shape index (κ2) is 10.3. The summed E-state index contributed by atoms with van der Waals surface area (Å²) in [4.78, 5) is 31.0. The maximum absolute atomic E-state index is 13.5. The first-order chi connectivity index (χ1) is 16.7. The van der Waals surface area contributed by atoms with E-state index in [0.717, 1.165) is 18.9 Å². The number of halogens is 3. The lowest BCUT2D eigenvalue weighted by Crippen LogP contribution is -2.51. The number of carbonyl (C=O) groups is 2. The fourth-order valence-corrected chi connectivity index (χ4v) is 5.51. The predicted octanol–water partition coefficient (Wildman–Crippen LogP) is 2.54. The third-order valence-corrected chi connectivity index (χ3v) is 7.44. The summed E-state index contributed by atoms with van der Waals surface area (Å²) in [5.74, 6) is -0.359. The van der Waals surface area contributed by atoms with Gasteiger partial charge in [0.05, 0.1) is 36.3 Å². The number of nitrogens with zero attached hydrogens (tertiary/aromatic N) is 4. The zero-order chi connectivity index (χ0) is 25.2. The molecule has 0 bridgehead atoms. The standard InChI is InChI=1S/C24H30F3N5O3/c1-29-22(33)20-15-32(18-3-2-17(13-28)21(12-18)24(25,26)27)14-19(20)16-4-6-30(7-5-16)23(34)31-8-10-35-11-9-31/h2-3,12,16,19-20H,4-11,14-15H2,1H3,(H,29,33)/t19-,20+/m0/s1. The van der Waals surface area contributed by atoms with Crippen molar-refractivity contribution in [1.82, 2.24) is 15.1 Å². The minimum absolute atomic E-state index is 0.0138. The number of anilines is 1. The number of benzene rings is 1. The van der Waals surface area contributed by atoms with Gasteiger partial charge in [-0.1, -0.05) is 0 Å². The van der Waals surface area contributed by atoms with E-state index in [2.05, 4.69) is 5.32 Å². The summed E-state index contributed by atoms with van der Waals surface area (Å²) in [6.07, 6.45) is -3.16. The lowest BCUT2D eigenvalue weighted by Gasteiger charge is -2.39. The molecule has 0 aromatic heterocycles. The molecule has 4 rings (SSSR count). The highest BCUT2D eigenvalue weighted by atomic mass is 19.4. The van der Waals surface area contributed by atoms with Crippen LogP contribution < -0.4 is 10.2 Å². The molecule has 0 spiro atoms. The topological polar surface area (TPSA) is 88.9 Å². The van der Waals surface area contributed by atoms with Gasteiger partial charge < -0.3 is 24.8 Å². The molecule has 11 heteroatoms. The summed E-state index contributed by atoms with van der Waals surface area (Å²) in [7, 11) is 1.56. The smallest absolute Gasteiger partial charge is 0.378 e. The van der Waals surface area contributed by atoms with Gasteiger partial charge in [-0.3, -0.25) is 4.79 Å². The number of alkyl halides is 3.